The second-order valence-corrected chi connectivity index (χ2v) is 4.30. The summed E-state index contributed by atoms with van der Waals surface area (Å²) in [6.45, 7) is 1.74. The number of nitrogens with two attached hydrogens (primary N) is 1. The number of halogens is 1. The molecule has 0 spiro atoms. The summed E-state index contributed by atoms with van der Waals surface area (Å²) < 4.78 is 10.9. The topological polar surface area (TPSA) is 81.8 Å². The molecule has 0 saturated carbocycles. The van der Waals surface area contributed by atoms with Gasteiger partial charge in [-0.25, -0.2) is 0 Å². The lowest BCUT2D eigenvalue weighted by Crippen LogP contribution is -2.22. The molecule has 0 bridgehead atoms. The van der Waals surface area contributed by atoms with Gasteiger partial charge < -0.3 is 20.3 Å². The van der Waals surface area contributed by atoms with E-state index in [9.17, 15) is 4.79 Å². The van der Waals surface area contributed by atoms with Crippen LogP contribution in [0.5, 0.6) is 11.5 Å². The van der Waals surface area contributed by atoms with Crippen molar-refractivity contribution in [2.45, 2.75) is 13.0 Å². The number of benzene rings is 1. The number of aliphatic carboxylic acids is 1. The summed E-state index contributed by atoms with van der Waals surface area (Å²) in [5.74, 6) is -0.0818. The molecule has 1 atom stereocenters. The van der Waals surface area contributed by atoms with E-state index < -0.39 is 12.0 Å². The maximum Gasteiger partial charge on any atom is 0.325 e. The molecule has 0 aliphatic carbocycles. The quantitative estimate of drug-likeness (QED) is 0.887. The van der Waals surface area contributed by atoms with Crippen molar-refractivity contribution in [3.8, 4) is 11.5 Å². The zero-order chi connectivity index (χ0) is 13.2. The van der Waals surface area contributed by atoms with Crippen molar-refractivity contribution in [2.75, 3.05) is 14.2 Å². The van der Waals surface area contributed by atoms with Gasteiger partial charge in [0.2, 0.25) is 0 Å². The van der Waals surface area contributed by atoms with Crippen molar-refractivity contribution in [3.63, 3.8) is 0 Å². The van der Waals surface area contributed by atoms with Gasteiger partial charge in [-0.2, -0.15) is 0 Å². The molecule has 0 saturated heterocycles. The van der Waals surface area contributed by atoms with E-state index in [2.05, 4.69) is 15.9 Å². The molecule has 0 radical (unpaired) electrons. The third kappa shape index (κ3) is 2.53. The summed E-state index contributed by atoms with van der Waals surface area (Å²) in [6.07, 6.45) is 0. The molecule has 5 nitrogen and oxygen atoms in total. The molecule has 1 aromatic rings. The number of carboxylic acid groups (broad SMARTS) is 1. The Morgan fingerprint density at radius 1 is 1.47 bits per heavy atom. The second-order valence-electron chi connectivity index (χ2n) is 3.45. The Labute approximate surface area is 108 Å². The van der Waals surface area contributed by atoms with E-state index in [0.29, 0.717) is 27.1 Å². The Morgan fingerprint density at radius 2 is 2.06 bits per heavy atom. The van der Waals surface area contributed by atoms with E-state index in [1.165, 1.54) is 14.2 Å². The van der Waals surface area contributed by atoms with Crippen LogP contribution >= 0.6 is 15.9 Å². The summed E-state index contributed by atoms with van der Waals surface area (Å²) in [5, 5.41) is 8.96. The fraction of sp³-hybridized carbons (Fsp3) is 0.364. The van der Waals surface area contributed by atoms with Crippen molar-refractivity contribution in [1.29, 1.82) is 0 Å². The Balaban J connectivity index is 3.47. The lowest BCUT2D eigenvalue weighted by Gasteiger charge is -2.18. The van der Waals surface area contributed by atoms with Crippen LogP contribution in [0.25, 0.3) is 0 Å². The summed E-state index contributed by atoms with van der Waals surface area (Å²) in [6, 6.07) is 0.536. The highest BCUT2D eigenvalue weighted by Gasteiger charge is 2.24. The standard InChI is InChI=1S/C11H14BrNO4/c1-5-8(9(13)11(14)15)6(12)4-7(16-2)10(5)17-3/h4,9H,13H2,1-3H3,(H,14,15). The van der Waals surface area contributed by atoms with Crippen molar-refractivity contribution >= 4 is 21.9 Å². The van der Waals surface area contributed by atoms with Crippen LogP contribution in [0.2, 0.25) is 0 Å². The number of methoxy groups -OCH3 is 2. The molecule has 0 aliphatic rings. The van der Waals surface area contributed by atoms with Crippen molar-refractivity contribution in [2.24, 2.45) is 5.73 Å². The summed E-state index contributed by atoms with van der Waals surface area (Å²) >= 11 is 3.29. The van der Waals surface area contributed by atoms with Gasteiger partial charge in [0.25, 0.3) is 0 Å². The number of ether oxygens (including phenoxy) is 2. The van der Waals surface area contributed by atoms with Crippen molar-refractivity contribution in [3.05, 3.63) is 21.7 Å². The van der Waals surface area contributed by atoms with Crippen molar-refractivity contribution in [1.82, 2.24) is 0 Å². The smallest absolute Gasteiger partial charge is 0.325 e. The fourth-order valence-electron chi connectivity index (χ4n) is 1.66. The first-order valence-corrected chi connectivity index (χ1v) is 5.62. The van der Waals surface area contributed by atoms with Gasteiger partial charge >= 0.3 is 5.97 Å². The van der Waals surface area contributed by atoms with Crippen LogP contribution in [0.3, 0.4) is 0 Å². The van der Waals surface area contributed by atoms with Gasteiger partial charge in [0, 0.05) is 15.6 Å². The lowest BCUT2D eigenvalue weighted by atomic mass is 10.0. The molecule has 6 heteroatoms. The first-order chi connectivity index (χ1) is 7.93. The highest BCUT2D eigenvalue weighted by Crippen LogP contribution is 2.39. The third-order valence-electron chi connectivity index (χ3n) is 2.48. The molecule has 0 fully saturated rings. The molecule has 1 rings (SSSR count). The molecule has 0 aliphatic heterocycles. The van der Waals surface area contributed by atoms with E-state index in [1.807, 2.05) is 0 Å². The highest BCUT2D eigenvalue weighted by atomic mass is 79.9. The largest absolute Gasteiger partial charge is 0.493 e. The normalized spacial score (nSPS) is 12.1. The predicted octanol–water partition coefficient (Wildman–Crippen LogP) is 1.86. The number of carboxylic acids is 1. The SMILES string of the molecule is COc1cc(Br)c(C(N)C(=O)O)c(C)c1OC. The number of rotatable bonds is 4. The van der Waals surface area contributed by atoms with E-state index >= 15 is 0 Å². The molecule has 0 aromatic heterocycles. The van der Waals surface area contributed by atoms with Crippen LogP contribution in [0.15, 0.2) is 10.5 Å². The van der Waals surface area contributed by atoms with Crippen LogP contribution in [-0.4, -0.2) is 25.3 Å². The Kier molecular flexibility index (Phi) is 4.36. The fourth-order valence-corrected chi connectivity index (χ4v) is 2.41. The first-order valence-electron chi connectivity index (χ1n) is 4.83. The highest BCUT2D eigenvalue weighted by molar-refractivity contribution is 9.10. The average Bonchev–Trinajstić information content (AvgIpc) is 2.27. The van der Waals surface area contributed by atoms with Crippen LogP contribution in [-0.2, 0) is 4.79 Å². The van der Waals surface area contributed by atoms with Gasteiger partial charge in [0.1, 0.15) is 6.04 Å². The average molecular weight is 304 g/mol. The van der Waals surface area contributed by atoms with Crippen LogP contribution in [0, 0.1) is 6.92 Å². The maximum atomic E-state index is 10.9. The zero-order valence-electron chi connectivity index (χ0n) is 9.78. The van der Waals surface area contributed by atoms with Crippen molar-refractivity contribution < 1.29 is 19.4 Å². The van der Waals surface area contributed by atoms with E-state index in [1.54, 1.807) is 13.0 Å². The van der Waals surface area contributed by atoms with Crippen LogP contribution < -0.4 is 15.2 Å². The third-order valence-corrected chi connectivity index (χ3v) is 3.14. The monoisotopic (exact) mass is 303 g/mol. The molecular formula is C11H14BrNO4. The van der Waals surface area contributed by atoms with Gasteiger partial charge in [-0.3, -0.25) is 4.79 Å². The van der Waals surface area contributed by atoms with E-state index in [0.717, 1.165) is 0 Å². The summed E-state index contributed by atoms with van der Waals surface area (Å²) in [7, 11) is 3.01. The Morgan fingerprint density at radius 3 is 2.47 bits per heavy atom. The van der Waals surface area contributed by atoms with Gasteiger partial charge in [-0.1, -0.05) is 15.9 Å². The van der Waals surface area contributed by atoms with Crippen LogP contribution in [0.1, 0.15) is 17.2 Å². The molecule has 0 amide bonds. The first kappa shape index (κ1) is 13.8. The van der Waals surface area contributed by atoms with E-state index in [-0.39, 0.29) is 0 Å². The minimum Gasteiger partial charge on any atom is -0.493 e. The minimum atomic E-state index is -1.11. The maximum absolute atomic E-state index is 10.9. The van der Waals surface area contributed by atoms with Gasteiger partial charge in [-0.15, -0.1) is 0 Å². The second kappa shape index (κ2) is 5.37. The van der Waals surface area contributed by atoms with Crippen LogP contribution in [0.4, 0.5) is 0 Å². The van der Waals surface area contributed by atoms with Gasteiger partial charge in [0.15, 0.2) is 11.5 Å². The zero-order valence-corrected chi connectivity index (χ0v) is 11.4. The molecule has 3 N–H and O–H groups in total. The summed E-state index contributed by atoms with van der Waals surface area (Å²) in [4.78, 5) is 10.9. The predicted molar refractivity (Wildman–Crippen MR) is 66.5 cm³/mol. The molecule has 94 valence electrons. The lowest BCUT2D eigenvalue weighted by molar-refractivity contribution is -0.138. The Bertz CT molecular complexity index is 448. The summed E-state index contributed by atoms with van der Waals surface area (Å²) in [5.41, 5.74) is 6.76. The van der Waals surface area contributed by atoms with Gasteiger partial charge in [-0.05, 0) is 13.0 Å². The molecule has 0 heterocycles. The molecule has 1 aromatic carbocycles. The molecule has 17 heavy (non-hydrogen) atoms. The Hall–Kier alpha value is -1.27. The van der Waals surface area contributed by atoms with Gasteiger partial charge in [0.05, 0.1) is 14.2 Å². The molecule has 1 unspecified atom stereocenters. The molecular weight excluding hydrogens is 290 g/mol. The minimum absolute atomic E-state index is 0.482. The van der Waals surface area contributed by atoms with E-state index in [4.69, 9.17) is 20.3 Å². The number of hydrogen-bond donors (Lipinski definition) is 2. The number of carbonyl (C=O) groups is 1. The number of hydrogen-bond acceptors (Lipinski definition) is 4.